The van der Waals surface area contributed by atoms with Gasteiger partial charge in [-0.15, -0.1) is 0 Å². The van der Waals surface area contributed by atoms with E-state index in [2.05, 4.69) is 41.5 Å². The lowest BCUT2D eigenvalue weighted by atomic mass is 10.1. The van der Waals surface area contributed by atoms with E-state index in [1.165, 1.54) is 0 Å². The van der Waals surface area contributed by atoms with Crippen LogP contribution in [0.2, 0.25) is 0 Å². The summed E-state index contributed by atoms with van der Waals surface area (Å²) in [5.74, 6) is -0.718. The highest BCUT2D eigenvalue weighted by atomic mass is 79.9. The van der Waals surface area contributed by atoms with E-state index in [-0.39, 0.29) is 12.8 Å². The first-order valence-electron chi connectivity index (χ1n) is 9.85. The van der Waals surface area contributed by atoms with Gasteiger partial charge < -0.3 is 20.8 Å². The number of benzene rings is 1. The van der Waals surface area contributed by atoms with Gasteiger partial charge in [-0.1, -0.05) is 19.3 Å². The van der Waals surface area contributed by atoms with Crippen molar-refractivity contribution in [2.24, 2.45) is 4.99 Å². The number of aromatic nitrogens is 2. The third kappa shape index (κ3) is 8.32. The summed E-state index contributed by atoms with van der Waals surface area (Å²) in [6.45, 7) is 1.70. The van der Waals surface area contributed by atoms with Crippen LogP contribution in [0.4, 0.5) is 5.69 Å². The molecular weight excluding hydrogens is 454 g/mol. The fourth-order valence-corrected chi connectivity index (χ4v) is 3.33. The molecule has 4 N–H and O–H groups in total. The van der Waals surface area contributed by atoms with Crippen molar-refractivity contribution in [2.45, 2.75) is 44.9 Å². The van der Waals surface area contributed by atoms with Crippen molar-refractivity contribution >= 4 is 50.5 Å². The van der Waals surface area contributed by atoms with E-state index >= 15 is 0 Å². The second kappa shape index (κ2) is 12.7. The average molecular weight is 480 g/mol. The molecule has 0 radical (unpaired) electrons. The van der Waals surface area contributed by atoms with Crippen LogP contribution in [0.25, 0.3) is 11.0 Å². The van der Waals surface area contributed by atoms with Crippen molar-refractivity contribution in [3.63, 3.8) is 0 Å². The Morgan fingerprint density at radius 1 is 1.00 bits per heavy atom. The number of carboxylic acids is 2. The quantitative estimate of drug-likeness (QED) is 0.399. The van der Waals surface area contributed by atoms with E-state index in [0.29, 0.717) is 12.8 Å². The number of aliphatic imine (C=N–C) groups is 1. The Hall–Kier alpha value is -2.75. The van der Waals surface area contributed by atoms with Gasteiger partial charge in [-0.25, -0.2) is 0 Å². The summed E-state index contributed by atoms with van der Waals surface area (Å²) in [6.07, 6.45) is 7.90. The molecule has 2 aromatic rings. The lowest BCUT2D eigenvalue weighted by molar-refractivity contribution is -0.138. The van der Waals surface area contributed by atoms with Gasteiger partial charge in [0.1, 0.15) is 5.52 Å². The van der Waals surface area contributed by atoms with E-state index in [1.54, 1.807) is 12.4 Å². The second-order valence-electron chi connectivity index (χ2n) is 6.69. The maximum Gasteiger partial charge on any atom is 0.303 e. The topological polar surface area (TPSA) is 137 Å². The number of unbranched alkanes of at least 4 members (excludes halogenated alkanes) is 4. The Balaban J connectivity index is 0.000000224. The molecule has 0 saturated carbocycles. The molecule has 0 saturated heterocycles. The average Bonchev–Trinajstić information content (AvgIpc) is 3.23. The third-order valence-corrected chi connectivity index (χ3v) is 5.09. The summed E-state index contributed by atoms with van der Waals surface area (Å²) in [5, 5.41) is 23.0. The summed E-state index contributed by atoms with van der Waals surface area (Å²) in [4.78, 5) is 33.0. The number of nitrogens with zero attached hydrogens (tertiary/aromatic N) is 3. The molecule has 10 heteroatoms. The van der Waals surface area contributed by atoms with Gasteiger partial charge in [0.05, 0.1) is 22.2 Å². The number of carbonyl (C=O) groups is 2. The predicted octanol–water partition coefficient (Wildman–Crippen LogP) is 3.65. The Labute approximate surface area is 183 Å². The normalized spacial score (nSPS) is 12.5. The first-order valence-corrected chi connectivity index (χ1v) is 10.6. The molecule has 3 rings (SSSR count). The zero-order valence-electron chi connectivity index (χ0n) is 16.6. The highest BCUT2D eigenvalue weighted by Crippen LogP contribution is 2.28. The molecular formula is C20H26BrN5O4. The van der Waals surface area contributed by atoms with Crippen LogP contribution in [0, 0.1) is 0 Å². The van der Waals surface area contributed by atoms with Gasteiger partial charge in [-0.3, -0.25) is 24.5 Å². The molecule has 1 aliphatic heterocycles. The van der Waals surface area contributed by atoms with E-state index in [0.717, 1.165) is 59.5 Å². The Kier molecular flexibility index (Phi) is 9.99. The Bertz CT molecular complexity index is 873. The molecule has 0 amide bonds. The predicted molar refractivity (Wildman–Crippen MR) is 119 cm³/mol. The van der Waals surface area contributed by atoms with E-state index < -0.39 is 11.9 Å². The molecule has 1 aliphatic rings. The van der Waals surface area contributed by atoms with Gasteiger partial charge in [-0.05, 0) is 40.9 Å². The highest BCUT2D eigenvalue weighted by molar-refractivity contribution is 9.10. The molecule has 0 atom stereocenters. The van der Waals surface area contributed by atoms with Gasteiger partial charge in [0.25, 0.3) is 0 Å². The second-order valence-corrected chi connectivity index (χ2v) is 7.48. The van der Waals surface area contributed by atoms with Gasteiger partial charge in [0.15, 0.2) is 5.96 Å². The van der Waals surface area contributed by atoms with Gasteiger partial charge in [-0.2, -0.15) is 0 Å². The molecule has 0 spiro atoms. The fraction of sp³-hybridized carbons (Fsp3) is 0.450. The highest BCUT2D eigenvalue weighted by Gasteiger charge is 2.10. The lowest BCUT2D eigenvalue weighted by Gasteiger charge is -2.09. The standard InChI is InChI=1S/C11H10BrN5.C9H16O4/c12-9-7(17-11-15-5-6-16-11)1-2-8-10(9)14-4-3-13-8;10-8(11)6-4-2-1-3-5-7-9(12)13/h1-4H,5-6H2,(H2,15,16,17);1-7H2,(H,10,11)(H,12,13). The Morgan fingerprint density at radius 3 is 2.23 bits per heavy atom. The van der Waals surface area contributed by atoms with Crippen molar-refractivity contribution < 1.29 is 19.8 Å². The van der Waals surface area contributed by atoms with Crippen molar-refractivity contribution in [1.29, 1.82) is 0 Å². The van der Waals surface area contributed by atoms with Crippen LogP contribution >= 0.6 is 15.9 Å². The van der Waals surface area contributed by atoms with Crippen LogP contribution in [0.5, 0.6) is 0 Å². The number of halogens is 1. The minimum atomic E-state index is -0.759. The Morgan fingerprint density at radius 2 is 1.63 bits per heavy atom. The van der Waals surface area contributed by atoms with E-state index in [1.807, 2.05) is 12.1 Å². The maximum absolute atomic E-state index is 10.1. The number of hydrogen-bond donors (Lipinski definition) is 4. The SMILES string of the molecule is Brc1c(NC2=NCCN2)ccc2nccnc12.O=C(O)CCCCCCCC(=O)O. The number of carboxylic acid groups (broad SMARTS) is 2. The molecule has 0 aliphatic carbocycles. The number of hydrogen-bond acceptors (Lipinski definition) is 7. The summed E-state index contributed by atoms with van der Waals surface area (Å²) >= 11 is 3.54. The van der Waals surface area contributed by atoms with Crippen LogP contribution < -0.4 is 10.6 Å². The summed E-state index contributed by atoms with van der Waals surface area (Å²) in [7, 11) is 0. The zero-order chi connectivity index (χ0) is 21.8. The van der Waals surface area contributed by atoms with Crippen LogP contribution in [-0.4, -0.2) is 51.2 Å². The van der Waals surface area contributed by atoms with Crippen molar-refractivity contribution in [2.75, 3.05) is 18.4 Å². The molecule has 1 aromatic heterocycles. The molecule has 162 valence electrons. The van der Waals surface area contributed by atoms with Gasteiger partial charge in [0.2, 0.25) is 0 Å². The number of rotatable bonds is 9. The molecule has 1 aromatic carbocycles. The van der Waals surface area contributed by atoms with Crippen LogP contribution in [0.15, 0.2) is 34.0 Å². The maximum atomic E-state index is 10.1. The van der Waals surface area contributed by atoms with Crippen LogP contribution in [0.1, 0.15) is 44.9 Å². The van der Waals surface area contributed by atoms with E-state index in [9.17, 15) is 9.59 Å². The number of fused-ring (bicyclic) bond motifs is 1. The molecule has 0 fully saturated rings. The first kappa shape index (κ1) is 23.5. The number of anilines is 1. The van der Waals surface area contributed by atoms with Gasteiger partial charge in [0, 0.05) is 31.8 Å². The lowest BCUT2D eigenvalue weighted by Crippen LogP contribution is -2.26. The molecule has 2 heterocycles. The summed E-state index contributed by atoms with van der Waals surface area (Å²) in [6, 6.07) is 3.90. The van der Waals surface area contributed by atoms with Crippen LogP contribution in [0.3, 0.4) is 0 Å². The van der Waals surface area contributed by atoms with Crippen molar-refractivity contribution in [3.05, 3.63) is 29.0 Å². The molecule has 30 heavy (non-hydrogen) atoms. The number of aliphatic carboxylic acids is 2. The summed E-state index contributed by atoms with van der Waals surface area (Å²) in [5.41, 5.74) is 2.65. The number of nitrogens with one attached hydrogen (secondary N) is 2. The van der Waals surface area contributed by atoms with Crippen molar-refractivity contribution in [3.8, 4) is 0 Å². The van der Waals surface area contributed by atoms with Crippen LogP contribution in [-0.2, 0) is 9.59 Å². The third-order valence-electron chi connectivity index (χ3n) is 4.29. The molecule has 0 unspecified atom stereocenters. The fourth-order valence-electron chi connectivity index (χ4n) is 2.79. The number of guanidine groups is 1. The monoisotopic (exact) mass is 479 g/mol. The minimum Gasteiger partial charge on any atom is -0.481 e. The zero-order valence-corrected chi connectivity index (χ0v) is 18.2. The van der Waals surface area contributed by atoms with Gasteiger partial charge >= 0.3 is 11.9 Å². The summed E-state index contributed by atoms with van der Waals surface area (Å²) < 4.78 is 0.902. The first-order chi connectivity index (χ1) is 14.5. The van der Waals surface area contributed by atoms with E-state index in [4.69, 9.17) is 10.2 Å². The van der Waals surface area contributed by atoms with Crippen molar-refractivity contribution in [1.82, 2.24) is 15.3 Å². The molecule has 0 bridgehead atoms. The largest absolute Gasteiger partial charge is 0.481 e. The minimum absolute atomic E-state index is 0.221. The smallest absolute Gasteiger partial charge is 0.303 e. The molecule has 9 nitrogen and oxygen atoms in total.